The van der Waals surface area contributed by atoms with Gasteiger partial charge in [-0.25, -0.2) is 0 Å². The summed E-state index contributed by atoms with van der Waals surface area (Å²) in [5.41, 5.74) is 0.997. The molecule has 5 atom stereocenters. The molecule has 0 aromatic carbocycles. The number of fused-ring (bicyclic) bond motifs is 1. The first-order chi connectivity index (χ1) is 19.5. The van der Waals surface area contributed by atoms with Crippen molar-refractivity contribution in [3.8, 4) is 0 Å². The maximum Gasteiger partial charge on any atom is 0.305 e. The van der Waals surface area contributed by atoms with Crippen LogP contribution in [0.1, 0.15) is 85.0 Å². The molecule has 41 heavy (non-hydrogen) atoms. The molecule has 8 nitrogen and oxygen atoms in total. The molecule has 228 valence electrons. The summed E-state index contributed by atoms with van der Waals surface area (Å²) >= 11 is 0. The van der Waals surface area contributed by atoms with Crippen molar-refractivity contribution in [2.45, 2.75) is 103 Å². The Balaban J connectivity index is 1.34. The van der Waals surface area contributed by atoms with E-state index in [4.69, 9.17) is 4.74 Å². The number of hydrogen-bond donors (Lipinski definition) is 3. The van der Waals surface area contributed by atoms with Crippen LogP contribution in [0.5, 0.6) is 0 Å². The fourth-order valence-electron chi connectivity index (χ4n) is 6.34. The molecule has 1 amide bonds. The quantitative estimate of drug-likeness (QED) is 0.103. The summed E-state index contributed by atoms with van der Waals surface area (Å²) in [5.74, 6) is 2.49. The van der Waals surface area contributed by atoms with E-state index in [-0.39, 0.29) is 29.4 Å². The Bertz CT molecular complexity index is 1010. The number of likely N-dealkylation sites (tertiary alicyclic amines) is 1. The summed E-state index contributed by atoms with van der Waals surface area (Å²) in [4.78, 5) is 39.8. The zero-order valence-corrected chi connectivity index (χ0v) is 25.5. The average Bonchev–Trinajstić information content (AvgIpc) is 3.67. The number of aldehydes is 1. The SMILES string of the molecule is C=C(NCCCC(=O)OCC1CC1)NC(C(=O)N1C[C@@H]2CC[C@@H]2C1C(=C)NC(CC1CCC1)C(=C)C=O)C(C)(C)C. The fourth-order valence-corrected chi connectivity index (χ4v) is 6.34. The second kappa shape index (κ2) is 13.5. The van der Waals surface area contributed by atoms with Crippen molar-refractivity contribution in [3.05, 3.63) is 36.8 Å². The summed E-state index contributed by atoms with van der Waals surface area (Å²) in [5, 5.41) is 10.2. The van der Waals surface area contributed by atoms with Crippen LogP contribution < -0.4 is 16.0 Å². The molecule has 0 bridgehead atoms. The second-order valence-electron chi connectivity index (χ2n) is 14.0. The fraction of sp³-hybridized carbons (Fsp3) is 0.727. The lowest BCUT2D eigenvalue weighted by atomic mass is 9.72. The summed E-state index contributed by atoms with van der Waals surface area (Å²) in [6.45, 7) is 20.6. The largest absolute Gasteiger partial charge is 0.465 e. The van der Waals surface area contributed by atoms with E-state index in [0.29, 0.717) is 67.6 Å². The third-order valence-electron chi connectivity index (χ3n) is 9.55. The van der Waals surface area contributed by atoms with Gasteiger partial charge in [-0.1, -0.05) is 59.8 Å². The molecule has 0 spiro atoms. The Hall–Kier alpha value is -2.77. The number of esters is 1. The Morgan fingerprint density at radius 3 is 2.32 bits per heavy atom. The molecule has 4 rings (SSSR count). The Kier molecular flexibility index (Phi) is 10.2. The Morgan fingerprint density at radius 2 is 1.76 bits per heavy atom. The summed E-state index contributed by atoms with van der Waals surface area (Å²) < 4.78 is 5.30. The van der Waals surface area contributed by atoms with Gasteiger partial charge in [0.1, 0.15) is 12.3 Å². The molecule has 8 heteroatoms. The number of nitrogens with one attached hydrogen (secondary N) is 3. The van der Waals surface area contributed by atoms with Gasteiger partial charge in [-0.3, -0.25) is 14.4 Å². The summed E-state index contributed by atoms with van der Waals surface area (Å²) in [6, 6.07) is -0.749. The van der Waals surface area contributed by atoms with Crippen LogP contribution in [0.3, 0.4) is 0 Å². The first-order valence-electron chi connectivity index (χ1n) is 15.7. The predicted octanol–water partition coefficient (Wildman–Crippen LogP) is 4.44. The number of carbonyl (C=O) groups is 3. The third-order valence-corrected chi connectivity index (χ3v) is 9.55. The molecular weight excluding hydrogens is 516 g/mol. The molecule has 3 saturated carbocycles. The number of ether oxygens (including phenoxy) is 1. The average molecular weight is 569 g/mol. The van der Waals surface area contributed by atoms with Gasteiger partial charge in [-0.05, 0) is 67.6 Å². The maximum atomic E-state index is 14.2. The van der Waals surface area contributed by atoms with Crippen LogP contribution in [0.4, 0.5) is 0 Å². The standard InChI is InChI=1S/C33H52N4O4/c1-21(19-38)28(17-24-9-7-10-24)35-22(2)30-27-15-14-26(27)18-37(30)32(40)31(33(4,5)6)36-23(3)34-16-8-11-29(39)41-20-25-12-13-25/h19,24-28,30-31,34-36H,1-3,7-18,20H2,4-6H3/t26-,27-,28?,30?,31?/m0/s1. The van der Waals surface area contributed by atoms with Crippen LogP contribution in [-0.4, -0.2) is 60.9 Å². The van der Waals surface area contributed by atoms with Crippen LogP contribution in [-0.2, 0) is 19.1 Å². The lowest BCUT2D eigenvalue weighted by molar-refractivity contribution is -0.144. The molecule has 3 unspecified atom stereocenters. The monoisotopic (exact) mass is 568 g/mol. The van der Waals surface area contributed by atoms with Gasteiger partial charge in [-0.15, -0.1) is 0 Å². The first kappa shape index (κ1) is 31.2. The minimum Gasteiger partial charge on any atom is -0.465 e. The highest BCUT2D eigenvalue weighted by Crippen LogP contribution is 2.47. The molecule has 1 aliphatic heterocycles. The van der Waals surface area contributed by atoms with E-state index in [2.05, 4.69) is 56.5 Å². The molecule has 1 heterocycles. The van der Waals surface area contributed by atoms with Crippen LogP contribution in [0.2, 0.25) is 0 Å². The minimum absolute atomic E-state index is 0.0382. The van der Waals surface area contributed by atoms with Crippen molar-refractivity contribution < 1.29 is 19.1 Å². The third kappa shape index (κ3) is 8.16. The second-order valence-corrected chi connectivity index (χ2v) is 14.0. The molecule has 1 saturated heterocycles. The highest BCUT2D eigenvalue weighted by atomic mass is 16.5. The van der Waals surface area contributed by atoms with E-state index >= 15 is 0 Å². The van der Waals surface area contributed by atoms with Crippen molar-refractivity contribution >= 4 is 18.2 Å². The number of nitrogens with zero attached hydrogens (tertiary/aromatic N) is 1. The number of amides is 1. The summed E-state index contributed by atoms with van der Waals surface area (Å²) in [7, 11) is 0. The van der Waals surface area contributed by atoms with E-state index < -0.39 is 6.04 Å². The molecular formula is C33H52N4O4. The van der Waals surface area contributed by atoms with Gasteiger partial charge >= 0.3 is 5.97 Å². The van der Waals surface area contributed by atoms with Gasteiger partial charge in [0.2, 0.25) is 5.91 Å². The maximum absolute atomic E-state index is 14.2. The van der Waals surface area contributed by atoms with Gasteiger partial charge in [0.15, 0.2) is 0 Å². The normalized spacial score (nSPS) is 25.0. The predicted molar refractivity (Wildman–Crippen MR) is 161 cm³/mol. The number of hydrogen-bond acceptors (Lipinski definition) is 7. The number of carbonyl (C=O) groups excluding carboxylic acids is 3. The van der Waals surface area contributed by atoms with Gasteiger partial charge in [0.05, 0.1) is 24.5 Å². The van der Waals surface area contributed by atoms with Crippen molar-refractivity contribution in [2.24, 2.45) is 29.1 Å². The lowest BCUT2D eigenvalue weighted by Crippen LogP contribution is -2.56. The van der Waals surface area contributed by atoms with E-state index in [0.717, 1.165) is 44.1 Å². The topological polar surface area (TPSA) is 99.8 Å². The smallest absolute Gasteiger partial charge is 0.305 e. The van der Waals surface area contributed by atoms with E-state index in [1.165, 1.54) is 19.3 Å². The van der Waals surface area contributed by atoms with Crippen molar-refractivity contribution in [2.75, 3.05) is 19.7 Å². The van der Waals surface area contributed by atoms with Gasteiger partial charge < -0.3 is 25.6 Å². The molecule has 3 N–H and O–H groups in total. The van der Waals surface area contributed by atoms with Crippen molar-refractivity contribution in [3.63, 3.8) is 0 Å². The van der Waals surface area contributed by atoms with E-state index in [9.17, 15) is 14.4 Å². The molecule has 0 aromatic heterocycles. The zero-order chi connectivity index (χ0) is 29.7. The Labute approximate surface area is 246 Å². The molecule has 0 aromatic rings. The first-order valence-corrected chi connectivity index (χ1v) is 15.7. The van der Waals surface area contributed by atoms with Crippen molar-refractivity contribution in [1.29, 1.82) is 0 Å². The highest BCUT2D eigenvalue weighted by Gasteiger charge is 2.52. The van der Waals surface area contributed by atoms with Crippen LogP contribution in [0.25, 0.3) is 0 Å². The van der Waals surface area contributed by atoms with E-state index in [1.807, 2.05) is 4.90 Å². The van der Waals surface area contributed by atoms with Crippen LogP contribution >= 0.6 is 0 Å². The van der Waals surface area contributed by atoms with Gasteiger partial charge in [0.25, 0.3) is 0 Å². The van der Waals surface area contributed by atoms with Crippen LogP contribution in [0.15, 0.2) is 36.8 Å². The van der Waals surface area contributed by atoms with Crippen LogP contribution in [0, 0.1) is 29.1 Å². The van der Waals surface area contributed by atoms with Crippen molar-refractivity contribution in [1.82, 2.24) is 20.9 Å². The van der Waals surface area contributed by atoms with E-state index in [1.54, 1.807) is 0 Å². The molecule has 4 fully saturated rings. The minimum atomic E-state index is -0.491. The summed E-state index contributed by atoms with van der Waals surface area (Å²) in [6.07, 6.45) is 10.9. The number of rotatable bonds is 17. The van der Waals surface area contributed by atoms with Gasteiger partial charge in [-0.2, -0.15) is 0 Å². The zero-order valence-electron chi connectivity index (χ0n) is 25.5. The highest BCUT2D eigenvalue weighted by molar-refractivity contribution is 5.84. The molecule has 3 aliphatic carbocycles. The molecule has 0 radical (unpaired) electrons. The van der Waals surface area contributed by atoms with Gasteiger partial charge in [0, 0.05) is 30.8 Å². The molecule has 4 aliphatic rings. The lowest BCUT2D eigenvalue weighted by Gasteiger charge is -2.40. The Morgan fingerprint density at radius 1 is 1.02 bits per heavy atom.